The number of anilines is 1. The van der Waals surface area contributed by atoms with Crippen molar-refractivity contribution in [1.82, 2.24) is 20.1 Å². The van der Waals surface area contributed by atoms with Gasteiger partial charge in [-0.25, -0.2) is 4.79 Å². The largest absolute Gasteiger partial charge is 0.342 e. The van der Waals surface area contributed by atoms with Crippen LogP contribution in [-0.2, 0) is 10.2 Å². The number of urea groups is 1. The summed E-state index contributed by atoms with van der Waals surface area (Å²) in [6.07, 6.45) is 3.83. The van der Waals surface area contributed by atoms with Crippen LogP contribution in [0.5, 0.6) is 0 Å². The first-order valence-corrected chi connectivity index (χ1v) is 11.9. The highest BCUT2D eigenvalue weighted by molar-refractivity contribution is 5.91. The number of carbonyl (C=O) groups is 2. The zero-order valence-electron chi connectivity index (χ0n) is 19.9. The maximum absolute atomic E-state index is 13.3. The minimum atomic E-state index is -0.295. The molecule has 2 N–H and O–H groups in total. The van der Waals surface area contributed by atoms with E-state index in [9.17, 15) is 9.59 Å². The molecule has 1 aliphatic carbocycles. The molecule has 4 rings (SSSR count). The first-order valence-electron chi connectivity index (χ1n) is 11.9. The molecule has 1 aromatic carbocycles. The van der Waals surface area contributed by atoms with Crippen molar-refractivity contribution >= 4 is 17.6 Å². The van der Waals surface area contributed by atoms with E-state index in [0.29, 0.717) is 6.54 Å². The summed E-state index contributed by atoms with van der Waals surface area (Å²) in [5.41, 5.74) is 3.38. The Hall–Kier alpha value is -2.93. The molecule has 1 saturated heterocycles. The maximum Gasteiger partial charge on any atom is 0.319 e. The summed E-state index contributed by atoms with van der Waals surface area (Å²) < 4.78 is 0. The van der Waals surface area contributed by atoms with Gasteiger partial charge in [0.1, 0.15) is 0 Å². The van der Waals surface area contributed by atoms with Gasteiger partial charge in [0.25, 0.3) is 0 Å². The summed E-state index contributed by atoms with van der Waals surface area (Å²) >= 11 is 0. The number of rotatable bonds is 7. The Balaban J connectivity index is 1.19. The second-order valence-corrected chi connectivity index (χ2v) is 9.46. The lowest BCUT2D eigenvalue weighted by molar-refractivity contribution is -0.135. The van der Waals surface area contributed by atoms with Crippen LogP contribution in [0.3, 0.4) is 0 Å². The SMILES string of the molecule is Cc1cc(NC(=O)NCCN2CCC(N(C)C(=O)C3(c4ccccc4)CC3)CC2)cc(C)n1. The predicted molar refractivity (Wildman–Crippen MR) is 130 cm³/mol. The van der Waals surface area contributed by atoms with Crippen molar-refractivity contribution in [2.75, 3.05) is 38.5 Å². The number of hydrogen-bond acceptors (Lipinski definition) is 4. The van der Waals surface area contributed by atoms with Crippen LogP contribution in [0.25, 0.3) is 0 Å². The maximum atomic E-state index is 13.3. The Labute approximate surface area is 196 Å². The Morgan fingerprint density at radius 3 is 2.33 bits per heavy atom. The molecule has 3 amide bonds. The summed E-state index contributed by atoms with van der Waals surface area (Å²) in [6, 6.07) is 14.0. The van der Waals surface area contributed by atoms with Crippen molar-refractivity contribution in [2.45, 2.75) is 51.0 Å². The van der Waals surface area contributed by atoms with E-state index >= 15 is 0 Å². The summed E-state index contributed by atoms with van der Waals surface area (Å²) in [6.45, 7) is 7.10. The van der Waals surface area contributed by atoms with Gasteiger partial charge in [0.05, 0.1) is 5.41 Å². The number of amides is 3. The summed E-state index contributed by atoms with van der Waals surface area (Å²) in [4.78, 5) is 34.2. The Kier molecular flexibility index (Phi) is 6.98. The molecule has 176 valence electrons. The van der Waals surface area contributed by atoms with Crippen molar-refractivity contribution in [3.05, 3.63) is 59.4 Å². The van der Waals surface area contributed by atoms with E-state index in [-0.39, 0.29) is 23.4 Å². The topological polar surface area (TPSA) is 77.6 Å². The monoisotopic (exact) mass is 449 g/mol. The Bertz CT molecular complexity index is 961. The van der Waals surface area contributed by atoms with Gasteiger partial charge in [-0.05, 0) is 57.2 Å². The minimum absolute atomic E-state index is 0.198. The molecule has 1 aromatic heterocycles. The molecule has 0 bridgehead atoms. The molecule has 1 aliphatic heterocycles. The lowest BCUT2D eigenvalue weighted by Crippen LogP contribution is -2.49. The predicted octanol–water partition coefficient (Wildman–Crippen LogP) is 3.47. The molecule has 7 heteroatoms. The number of piperidine rings is 1. The van der Waals surface area contributed by atoms with Crippen LogP contribution in [0.4, 0.5) is 10.5 Å². The smallest absolute Gasteiger partial charge is 0.319 e. The van der Waals surface area contributed by atoms with Gasteiger partial charge in [0, 0.05) is 56.3 Å². The lowest BCUT2D eigenvalue weighted by atomic mass is 9.93. The van der Waals surface area contributed by atoms with Gasteiger partial charge >= 0.3 is 6.03 Å². The average Bonchev–Trinajstić information content (AvgIpc) is 3.60. The molecule has 2 aromatic rings. The molecular formula is C26H35N5O2. The molecule has 1 saturated carbocycles. The van der Waals surface area contributed by atoms with E-state index in [1.54, 1.807) is 0 Å². The Morgan fingerprint density at radius 2 is 1.73 bits per heavy atom. The molecule has 0 radical (unpaired) electrons. The zero-order chi connectivity index (χ0) is 23.4. The highest BCUT2D eigenvalue weighted by atomic mass is 16.2. The van der Waals surface area contributed by atoms with Crippen LogP contribution in [0.1, 0.15) is 42.6 Å². The third-order valence-electron chi connectivity index (χ3n) is 6.96. The quantitative estimate of drug-likeness (QED) is 0.679. The first kappa shape index (κ1) is 23.2. The van der Waals surface area contributed by atoms with Crippen LogP contribution < -0.4 is 10.6 Å². The summed E-state index contributed by atoms with van der Waals surface area (Å²) in [5, 5.41) is 5.82. The van der Waals surface area contributed by atoms with Crippen molar-refractivity contribution < 1.29 is 9.59 Å². The number of likely N-dealkylation sites (N-methyl/N-ethyl adjacent to an activating group) is 1. The average molecular weight is 450 g/mol. The second kappa shape index (κ2) is 9.91. The van der Waals surface area contributed by atoms with Gasteiger partial charge < -0.3 is 20.4 Å². The molecule has 2 aliphatic rings. The fourth-order valence-electron chi connectivity index (χ4n) is 4.95. The van der Waals surface area contributed by atoms with Gasteiger partial charge in [0.2, 0.25) is 5.91 Å². The third kappa shape index (κ3) is 5.53. The van der Waals surface area contributed by atoms with E-state index in [2.05, 4.69) is 32.7 Å². The highest BCUT2D eigenvalue weighted by Gasteiger charge is 2.53. The van der Waals surface area contributed by atoms with Gasteiger partial charge in [-0.2, -0.15) is 0 Å². The van der Waals surface area contributed by atoms with Crippen LogP contribution in [-0.4, -0.2) is 66.0 Å². The van der Waals surface area contributed by atoms with Crippen molar-refractivity contribution in [1.29, 1.82) is 0 Å². The fraction of sp³-hybridized carbons (Fsp3) is 0.500. The van der Waals surface area contributed by atoms with Crippen molar-refractivity contribution in [3.63, 3.8) is 0 Å². The lowest BCUT2D eigenvalue weighted by Gasteiger charge is -2.38. The van der Waals surface area contributed by atoms with E-state index in [0.717, 1.165) is 68.0 Å². The molecule has 33 heavy (non-hydrogen) atoms. The van der Waals surface area contributed by atoms with Crippen molar-refractivity contribution in [2.24, 2.45) is 0 Å². The zero-order valence-corrected chi connectivity index (χ0v) is 19.9. The Morgan fingerprint density at radius 1 is 1.09 bits per heavy atom. The van der Waals surface area contributed by atoms with Crippen molar-refractivity contribution in [3.8, 4) is 0 Å². The van der Waals surface area contributed by atoms with Crippen LogP contribution in [0, 0.1) is 13.8 Å². The number of aromatic nitrogens is 1. The first-order chi connectivity index (χ1) is 15.9. The molecular weight excluding hydrogens is 414 g/mol. The number of pyridine rings is 1. The molecule has 7 nitrogen and oxygen atoms in total. The highest BCUT2D eigenvalue weighted by Crippen LogP contribution is 2.49. The second-order valence-electron chi connectivity index (χ2n) is 9.46. The van der Waals surface area contributed by atoms with E-state index in [1.807, 2.05) is 56.1 Å². The number of nitrogens with zero attached hydrogens (tertiary/aromatic N) is 3. The third-order valence-corrected chi connectivity index (χ3v) is 6.96. The number of nitrogens with one attached hydrogen (secondary N) is 2. The molecule has 0 spiro atoms. The van der Waals surface area contributed by atoms with E-state index in [1.165, 1.54) is 0 Å². The fourth-order valence-corrected chi connectivity index (χ4v) is 4.95. The number of carbonyl (C=O) groups excluding carboxylic acids is 2. The van der Waals surface area contributed by atoms with Gasteiger partial charge in [-0.1, -0.05) is 30.3 Å². The van der Waals surface area contributed by atoms with E-state index < -0.39 is 0 Å². The molecule has 0 atom stereocenters. The molecule has 2 fully saturated rings. The van der Waals surface area contributed by atoms with Gasteiger partial charge in [-0.15, -0.1) is 0 Å². The molecule has 2 heterocycles. The number of hydrogen-bond donors (Lipinski definition) is 2. The van der Waals surface area contributed by atoms with Gasteiger partial charge in [-0.3, -0.25) is 9.78 Å². The standard InChI is InChI=1S/C26H35N5O2/c1-19-17-22(18-20(2)28-19)29-25(33)27-13-16-31-14-9-23(10-15-31)30(3)24(32)26(11-12-26)21-7-5-4-6-8-21/h4-8,17-18,23H,9-16H2,1-3H3,(H2,27,28,29,33). The van der Waals surface area contributed by atoms with Crippen LogP contribution >= 0.6 is 0 Å². The molecule has 0 unspecified atom stereocenters. The summed E-state index contributed by atoms with van der Waals surface area (Å²) in [7, 11) is 1.97. The van der Waals surface area contributed by atoms with E-state index in [4.69, 9.17) is 0 Å². The van der Waals surface area contributed by atoms with Gasteiger partial charge in [0.15, 0.2) is 0 Å². The number of likely N-dealkylation sites (tertiary alicyclic amines) is 1. The summed E-state index contributed by atoms with van der Waals surface area (Å²) in [5.74, 6) is 0.270. The normalized spacial score (nSPS) is 17.9. The number of aryl methyl sites for hydroxylation is 2. The van der Waals surface area contributed by atoms with Crippen LogP contribution in [0.2, 0.25) is 0 Å². The minimum Gasteiger partial charge on any atom is -0.342 e. The number of benzene rings is 1. The van der Waals surface area contributed by atoms with Crippen LogP contribution in [0.15, 0.2) is 42.5 Å².